The first-order chi connectivity index (χ1) is 13.1. The molecule has 0 unspecified atom stereocenters. The Morgan fingerprint density at radius 3 is 2.18 bits per heavy atom. The molecular weight excluding hydrogens is 366 g/mol. The maximum Gasteiger partial charge on any atom is 0.339 e. The number of urea groups is 1. The third-order valence-corrected chi connectivity index (χ3v) is 3.65. The van der Waals surface area contributed by atoms with Crippen molar-refractivity contribution in [1.82, 2.24) is 10.2 Å². The highest BCUT2D eigenvalue weighted by atomic mass is 16.5. The summed E-state index contributed by atoms with van der Waals surface area (Å²) in [7, 11) is 0. The van der Waals surface area contributed by atoms with Crippen molar-refractivity contribution in [1.29, 1.82) is 0 Å². The first-order valence-corrected chi connectivity index (χ1v) is 8.99. The van der Waals surface area contributed by atoms with Gasteiger partial charge in [-0.1, -0.05) is 0 Å². The number of nitrogens with zero attached hydrogens (tertiary/aromatic N) is 2. The van der Waals surface area contributed by atoms with E-state index in [9.17, 15) is 19.2 Å². The van der Waals surface area contributed by atoms with Gasteiger partial charge in [0, 0.05) is 11.6 Å². The molecule has 0 aliphatic carbocycles. The van der Waals surface area contributed by atoms with Gasteiger partial charge >= 0.3 is 17.8 Å². The van der Waals surface area contributed by atoms with Crippen LogP contribution in [0.15, 0.2) is 18.2 Å². The molecule has 1 aliphatic heterocycles. The molecule has 0 aromatic heterocycles. The highest BCUT2D eigenvalue weighted by Gasteiger charge is 2.46. The molecule has 28 heavy (non-hydrogen) atoms. The molecule has 1 heterocycles. The van der Waals surface area contributed by atoms with Gasteiger partial charge in [0.2, 0.25) is 5.91 Å². The molecule has 0 saturated carbocycles. The number of imide groups is 2. The molecule has 2 rings (SSSR count). The zero-order valence-electron chi connectivity index (χ0n) is 16.7. The maximum absolute atomic E-state index is 12.7. The van der Waals surface area contributed by atoms with Gasteiger partial charge in [0.25, 0.3) is 0 Å². The van der Waals surface area contributed by atoms with Gasteiger partial charge in [0.15, 0.2) is 11.5 Å². The van der Waals surface area contributed by atoms with Crippen LogP contribution in [0.25, 0.3) is 0 Å². The van der Waals surface area contributed by atoms with E-state index in [-0.39, 0.29) is 5.69 Å². The molecule has 0 radical (unpaired) electrons. The van der Waals surface area contributed by atoms with E-state index in [4.69, 9.17) is 9.47 Å². The van der Waals surface area contributed by atoms with Crippen molar-refractivity contribution in [2.75, 3.05) is 24.7 Å². The summed E-state index contributed by atoms with van der Waals surface area (Å²) in [5.41, 5.74) is -0.373. The predicted octanol–water partition coefficient (Wildman–Crippen LogP) is 1.69. The van der Waals surface area contributed by atoms with Crippen LogP contribution in [0.2, 0.25) is 0 Å². The Labute approximate surface area is 163 Å². The smallest absolute Gasteiger partial charge is 0.339 e. The minimum atomic E-state index is -1.05. The Bertz CT molecular complexity index is 799. The third-order valence-electron chi connectivity index (χ3n) is 3.65. The van der Waals surface area contributed by atoms with Gasteiger partial charge in [-0.25, -0.2) is 14.6 Å². The van der Waals surface area contributed by atoms with Crippen LogP contribution in [0.1, 0.15) is 34.6 Å². The van der Waals surface area contributed by atoms with Crippen LogP contribution in [-0.4, -0.2) is 54.0 Å². The number of hydrogen-bond acceptors (Lipinski definition) is 6. The van der Waals surface area contributed by atoms with Crippen molar-refractivity contribution >= 4 is 29.4 Å². The Morgan fingerprint density at radius 2 is 1.61 bits per heavy atom. The fraction of sp³-hybridized carbons (Fsp3) is 0.474. The van der Waals surface area contributed by atoms with Gasteiger partial charge in [-0.2, -0.15) is 0 Å². The van der Waals surface area contributed by atoms with E-state index >= 15 is 0 Å². The van der Waals surface area contributed by atoms with E-state index in [1.54, 1.807) is 33.8 Å². The number of hydrogen-bond donors (Lipinski definition) is 1. The normalized spacial score (nSPS) is 14.5. The average Bonchev–Trinajstić information content (AvgIpc) is 2.79. The number of benzene rings is 1. The van der Waals surface area contributed by atoms with Crippen LogP contribution in [0.3, 0.4) is 0 Å². The molecule has 1 fully saturated rings. The SMILES string of the molecule is CCOc1ccc(N2C(=O)C(=O)N(CC(=O)NC(C)(C)C)C2=O)cc1OCC. The van der Waals surface area contributed by atoms with E-state index in [1.165, 1.54) is 12.1 Å². The Morgan fingerprint density at radius 1 is 1.00 bits per heavy atom. The molecule has 5 amide bonds. The molecule has 9 nitrogen and oxygen atoms in total. The monoisotopic (exact) mass is 391 g/mol. The van der Waals surface area contributed by atoms with Crippen molar-refractivity contribution < 1.29 is 28.7 Å². The van der Waals surface area contributed by atoms with Crippen molar-refractivity contribution in [3.63, 3.8) is 0 Å². The van der Waals surface area contributed by atoms with E-state index < -0.39 is 35.8 Å². The van der Waals surface area contributed by atoms with Crippen molar-refractivity contribution in [2.24, 2.45) is 0 Å². The molecule has 0 spiro atoms. The summed E-state index contributed by atoms with van der Waals surface area (Å²) in [5, 5.41) is 2.65. The van der Waals surface area contributed by atoms with E-state index in [0.29, 0.717) is 29.6 Å². The zero-order valence-corrected chi connectivity index (χ0v) is 16.7. The average molecular weight is 391 g/mol. The molecular formula is C19H25N3O6. The topological polar surface area (TPSA) is 105 Å². The standard InChI is InChI=1S/C19H25N3O6/c1-6-27-13-9-8-12(10-14(13)28-7-2)22-17(25)16(24)21(18(22)26)11-15(23)20-19(3,4)5/h8-10H,6-7,11H2,1-5H3,(H,20,23). The van der Waals surface area contributed by atoms with E-state index in [1.807, 2.05) is 6.92 Å². The highest BCUT2D eigenvalue weighted by molar-refractivity contribution is 6.53. The minimum absolute atomic E-state index is 0.161. The van der Waals surface area contributed by atoms with Gasteiger partial charge in [0.1, 0.15) is 6.54 Å². The van der Waals surface area contributed by atoms with Crippen molar-refractivity contribution in [2.45, 2.75) is 40.2 Å². The van der Waals surface area contributed by atoms with Gasteiger partial charge in [-0.3, -0.25) is 14.4 Å². The largest absolute Gasteiger partial charge is 0.490 e. The molecule has 1 aliphatic rings. The van der Waals surface area contributed by atoms with Gasteiger partial charge in [-0.05, 0) is 46.8 Å². The summed E-state index contributed by atoms with van der Waals surface area (Å²) in [6, 6.07) is 3.61. The molecule has 1 aromatic carbocycles. The zero-order chi connectivity index (χ0) is 21.1. The van der Waals surface area contributed by atoms with Crippen LogP contribution in [0.5, 0.6) is 11.5 Å². The first-order valence-electron chi connectivity index (χ1n) is 8.99. The van der Waals surface area contributed by atoms with E-state index in [0.717, 1.165) is 4.90 Å². The van der Waals surface area contributed by atoms with Crippen LogP contribution in [-0.2, 0) is 14.4 Å². The van der Waals surface area contributed by atoms with Gasteiger partial charge in [0.05, 0.1) is 18.9 Å². The van der Waals surface area contributed by atoms with Crippen LogP contribution >= 0.6 is 0 Å². The van der Waals surface area contributed by atoms with Crippen LogP contribution in [0.4, 0.5) is 10.5 Å². The third kappa shape index (κ3) is 4.59. The number of rotatable bonds is 7. The Balaban J connectivity index is 2.28. The second kappa shape index (κ2) is 8.28. The number of carbonyl (C=O) groups excluding carboxylic acids is 4. The number of amides is 5. The maximum atomic E-state index is 12.7. The van der Waals surface area contributed by atoms with Crippen molar-refractivity contribution in [3.8, 4) is 11.5 Å². The number of carbonyl (C=O) groups is 4. The Hall–Kier alpha value is -3.10. The quantitative estimate of drug-likeness (QED) is 0.560. The second-order valence-electron chi connectivity index (χ2n) is 7.11. The summed E-state index contributed by atoms with van der Waals surface area (Å²) in [5.74, 6) is -1.81. The molecule has 1 saturated heterocycles. The summed E-state index contributed by atoms with van der Waals surface area (Å²) >= 11 is 0. The first kappa shape index (κ1) is 21.2. The summed E-state index contributed by atoms with van der Waals surface area (Å²) in [4.78, 5) is 50.7. The fourth-order valence-corrected chi connectivity index (χ4v) is 2.65. The van der Waals surface area contributed by atoms with Gasteiger partial charge in [-0.15, -0.1) is 0 Å². The Kier molecular flexibility index (Phi) is 6.27. The number of nitrogens with one attached hydrogen (secondary N) is 1. The summed E-state index contributed by atoms with van der Waals surface area (Å²) < 4.78 is 11.0. The highest BCUT2D eigenvalue weighted by Crippen LogP contribution is 2.34. The lowest BCUT2D eigenvalue weighted by Gasteiger charge is -2.22. The lowest BCUT2D eigenvalue weighted by Crippen LogP contribution is -2.47. The van der Waals surface area contributed by atoms with Crippen molar-refractivity contribution in [3.05, 3.63) is 18.2 Å². The molecule has 1 aromatic rings. The number of ether oxygens (including phenoxy) is 2. The molecule has 0 atom stereocenters. The number of anilines is 1. The lowest BCUT2D eigenvalue weighted by atomic mass is 10.1. The summed E-state index contributed by atoms with van der Waals surface area (Å²) in [6.07, 6.45) is 0. The predicted molar refractivity (Wildman–Crippen MR) is 101 cm³/mol. The van der Waals surface area contributed by atoms with Crippen LogP contribution < -0.4 is 19.7 Å². The molecule has 1 N–H and O–H groups in total. The molecule has 152 valence electrons. The minimum Gasteiger partial charge on any atom is -0.490 e. The fourth-order valence-electron chi connectivity index (χ4n) is 2.65. The summed E-state index contributed by atoms with van der Waals surface area (Å²) in [6.45, 7) is 9.14. The van der Waals surface area contributed by atoms with E-state index in [2.05, 4.69) is 5.32 Å². The lowest BCUT2D eigenvalue weighted by molar-refractivity contribution is -0.140. The molecule has 0 bridgehead atoms. The second-order valence-corrected chi connectivity index (χ2v) is 7.11. The van der Waals surface area contributed by atoms with Crippen LogP contribution in [0, 0.1) is 0 Å². The molecule has 9 heteroatoms. The van der Waals surface area contributed by atoms with Gasteiger partial charge < -0.3 is 14.8 Å².